The van der Waals surface area contributed by atoms with E-state index in [-0.39, 0.29) is 33.7 Å². The molecule has 0 N–H and O–H groups in total. The molecule has 5 unspecified atom stereocenters. The lowest BCUT2D eigenvalue weighted by atomic mass is 9.45. The fraction of sp³-hybridized carbons (Fsp3) is 0.885. The van der Waals surface area contributed by atoms with Crippen molar-refractivity contribution in [3.05, 3.63) is 12.2 Å². The second-order valence-electron chi connectivity index (χ2n) is 13.4. The molecule has 0 amide bonds. The maximum Gasteiger partial charge on any atom is 0.330 e. The van der Waals surface area contributed by atoms with Crippen LogP contribution in [0.4, 0.5) is 0 Å². The predicted molar refractivity (Wildman–Crippen MR) is 121 cm³/mol. The van der Waals surface area contributed by atoms with Crippen LogP contribution in [-0.4, -0.2) is 12.1 Å². The first-order valence-electron chi connectivity index (χ1n) is 11.1. The second-order valence-corrected chi connectivity index (χ2v) is 13.4. The molecule has 0 aromatic carbocycles. The first kappa shape index (κ1) is 25.2. The smallest absolute Gasteiger partial charge is 0.330 e. The highest BCUT2D eigenvalue weighted by molar-refractivity contribution is 5.82. The van der Waals surface area contributed by atoms with Gasteiger partial charge in [-0.2, -0.15) is 0 Å². The average molecular weight is 393 g/mol. The van der Waals surface area contributed by atoms with Gasteiger partial charge in [-0.3, -0.25) is 0 Å². The molecule has 0 aromatic rings. The van der Waals surface area contributed by atoms with E-state index in [4.69, 9.17) is 4.74 Å². The first-order valence-corrected chi connectivity index (χ1v) is 11.1. The summed E-state index contributed by atoms with van der Waals surface area (Å²) >= 11 is 0. The van der Waals surface area contributed by atoms with Crippen LogP contribution in [0, 0.1) is 45.3 Å². The van der Waals surface area contributed by atoms with Crippen molar-refractivity contribution >= 4 is 5.97 Å². The van der Waals surface area contributed by atoms with Crippen LogP contribution >= 0.6 is 0 Å². The molecule has 1 saturated carbocycles. The van der Waals surface area contributed by atoms with Crippen LogP contribution < -0.4 is 0 Å². The Bertz CT molecular complexity index is 557. The molecular weight excluding hydrogens is 344 g/mol. The van der Waals surface area contributed by atoms with Gasteiger partial charge >= 0.3 is 5.97 Å². The lowest BCUT2D eigenvalue weighted by Crippen LogP contribution is -2.58. The molecule has 2 heteroatoms. The molecule has 0 saturated heterocycles. The lowest BCUT2D eigenvalue weighted by molar-refractivity contribution is -0.185. The Morgan fingerprint density at radius 2 is 1.14 bits per heavy atom. The molecule has 0 spiro atoms. The minimum Gasteiger partial charge on any atom is -0.459 e. The van der Waals surface area contributed by atoms with Crippen LogP contribution in [-0.2, 0) is 9.53 Å². The third kappa shape index (κ3) is 5.86. The van der Waals surface area contributed by atoms with Gasteiger partial charge in [0.1, 0.15) is 6.10 Å². The monoisotopic (exact) mass is 392 g/mol. The van der Waals surface area contributed by atoms with E-state index in [1.165, 1.54) is 0 Å². The van der Waals surface area contributed by atoms with Gasteiger partial charge < -0.3 is 4.74 Å². The summed E-state index contributed by atoms with van der Waals surface area (Å²) in [5.41, 5.74) is 0.545. The van der Waals surface area contributed by atoms with Crippen LogP contribution in [0.1, 0.15) is 96.4 Å². The Balaban J connectivity index is 3.67. The molecule has 0 bridgehead atoms. The molecule has 2 nitrogen and oxygen atoms in total. The third-order valence-electron chi connectivity index (χ3n) is 6.78. The van der Waals surface area contributed by atoms with Gasteiger partial charge in [-0.1, -0.05) is 89.2 Å². The normalized spacial score (nSPS) is 30.5. The number of carbonyl (C=O) groups is 1. The van der Waals surface area contributed by atoms with Crippen molar-refractivity contribution in [3.8, 4) is 0 Å². The quantitative estimate of drug-likeness (QED) is 0.358. The lowest BCUT2D eigenvalue weighted by Gasteiger charge is -2.61. The summed E-state index contributed by atoms with van der Waals surface area (Å²) in [4.78, 5) is 12.5. The maximum absolute atomic E-state index is 12.5. The Kier molecular flexibility index (Phi) is 7.35. The van der Waals surface area contributed by atoms with Gasteiger partial charge in [-0.15, -0.1) is 0 Å². The number of hydrogen-bond donors (Lipinski definition) is 0. The van der Waals surface area contributed by atoms with Gasteiger partial charge in [-0.25, -0.2) is 4.79 Å². The van der Waals surface area contributed by atoms with Gasteiger partial charge in [0.05, 0.1) is 0 Å². The zero-order valence-corrected chi connectivity index (χ0v) is 21.1. The van der Waals surface area contributed by atoms with Gasteiger partial charge in [0.2, 0.25) is 0 Å². The van der Waals surface area contributed by atoms with Crippen molar-refractivity contribution in [2.45, 2.75) is 103 Å². The number of rotatable bonds is 2. The van der Waals surface area contributed by atoms with Crippen molar-refractivity contribution in [1.82, 2.24) is 0 Å². The van der Waals surface area contributed by atoms with Gasteiger partial charge in [0, 0.05) is 12.0 Å². The van der Waals surface area contributed by atoms with Crippen molar-refractivity contribution in [3.63, 3.8) is 0 Å². The Labute approximate surface area is 175 Å². The summed E-state index contributed by atoms with van der Waals surface area (Å²) in [6.07, 6.45) is 4.24. The second kappa shape index (κ2) is 8.15. The summed E-state index contributed by atoms with van der Waals surface area (Å²) in [6, 6.07) is 0. The molecule has 1 aliphatic carbocycles. The fourth-order valence-electron chi connectivity index (χ4n) is 5.90. The SMILES string of the molecule is CC=CC(=O)OC1CC(C(C)(C)C)C(C(C)(C)C)C(C(C)(C)C)C1C(C)(C)C. The van der Waals surface area contributed by atoms with E-state index in [0.717, 1.165) is 6.42 Å². The molecule has 0 radical (unpaired) electrons. The van der Waals surface area contributed by atoms with Crippen LogP contribution in [0.3, 0.4) is 0 Å². The number of hydrogen-bond acceptors (Lipinski definition) is 2. The summed E-state index contributed by atoms with van der Waals surface area (Å²) in [6.45, 7) is 30.3. The van der Waals surface area contributed by atoms with Crippen LogP contribution in [0.15, 0.2) is 12.2 Å². The molecule has 1 fully saturated rings. The van der Waals surface area contributed by atoms with E-state index in [1.54, 1.807) is 12.2 Å². The number of carbonyl (C=O) groups excluding carboxylic acids is 1. The third-order valence-corrected chi connectivity index (χ3v) is 6.78. The highest BCUT2D eigenvalue weighted by Crippen LogP contribution is 2.61. The zero-order valence-electron chi connectivity index (χ0n) is 21.1. The summed E-state index contributed by atoms with van der Waals surface area (Å²) < 4.78 is 6.16. The van der Waals surface area contributed by atoms with E-state index >= 15 is 0 Å². The number of ether oxygens (including phenoxy) is 1. The van der Waals surface area contributed by atoms with E-state index in [0.29, 0.717) is 23.7 Å². The van der Waals surface area contributed by atoms with Crippen molar-refractivity contribution in [2.24, 2.45) is 45.3 Å². The van der Waals surface area contributed by atoms with Gasteiger partial charge in [-0.05, 0) is 52.8 Å². The minimum atomic E-state index is -0.198. The Hall–Kier alpha value is -0.790. The van der Waals surface area contributed by atoms with Gasteiger partial charge in [0.15, 0.2) is 0 Å². The topological polar surface area (TPSA) is 26.3 Å². The molecule has 5 atom stereocenters. The molecule has 0 aliphatic heterocycles. The summed E-state index contributed by atoms with van der Waals surface area (Å²) in [5, 5.41) is 0. The fourth-order valence-corrected chi connectivity index (χ4v) is 5.90. The van der Waals surface area contributed by atoms with E-state index < -0.39 is 0 Å². The van der Waals surface area contributed by atoms with Gasteiger partial charge in [0.25, 0.3) is 0 Å². The van der Waals surface area contributed by atoms with Crippen LogP contribution in [0.2, 0.25) is 0 Å². The van der Waals surface area contributed by atoms with Crippen LogP contribution in [0.25, 0.3) is 0 Å². The number of esters is 1. The molecule has 1 aliphatic rings. The highest BCUT2D eigenvalue weighted by atomic mass is 16.5. The number of allylic oxidation sites excluding steroid dienone is 1. The summed E-state index contributed by atoms with van der Waals surface area (Å²) in [7, 11) is 0. The molecule has 164 valence electrons. The predicted octanol–water partition coefficient (Wildman–Crippen LogP) is 7.53. The molecule has 1 rings (SSSR count). The summed E-state index contributed by atoms with van der Waals surface area (Å²) in [5.74, 6) is 1.65. The van der Waals surface area contributed by atoms with Crippen molar-refractivity contribution in [2.75, 3.05) is 0 Å². The Morgan fingerprint density at radius 1 is 0.714 bits per heavy atom. The largest absolute Gasteiger partial charge is 0.459 e. The minimum absolute atomic E-state index is 0.0456. The standard InChI is InChI=1S/C26H48O2/c1-14-15-19(27)28-18-16-17(23(2,3)4)20(24(5,6)7)22(26(11,12)13)21(18)25(8,9)10/h14-15,17-18,20-22H,16H2,1-13H3. The van der Waals surface area contributed by atoms with E-state index in [9.17, 15) is 4.79 Å². The highest BCUT2D eigenvalue weighted by Gasteiger charge is 2.58. The average Bonchev–Trinajstić information content (AvgIpc) is 2.41. The first-order chi connectivity index (χ1) is 12.3. The zero-order chi connectivity index (χ0) is 22.3. The molecular formula is C26H48O2. The van der Waals surface area contributed by atoms with Crippen LogP contribution in [0.5, 0.6) is 0 Å². The molecule has 0 aromatic heterocycles. The molecule has 28 heavy (non-hydrogen) atoms. The van der Waals surface area contributed by atoms with E-state index in [2.05, 4.69) is 83.1 Å². The van der Waals surface area contributed by atoms with Crippen molar-refractivity contribution in [1.29, 1.82) is 0 Å². The maximum atomic E-state index is 12.5. The molecule has 0 heterocycles. The Morgan fingerprint density at radius 3 is 1.46 bits per heavy atom. The van der Waals surface area contributed by atoms with Crippen molar-refractivity contribution < 1.29 is 9.53 Å². The van der Waals surface area contributed by atoms with E-state index in [1.807, 2.05) is 6.92 Å².